The highest BCUT2D eigenvalue weighted by atomic mass is 35.5. The van der Waals surface area contributed by atoms with Gasteiger partial charge >= 0.3 is 6.18 Å². The van der Waals surface area contributed by atoms with Gasteiger partial charge in [0.25, 0.3) is 0 Å². The summed E-state index contributed by atoms with van der Waals surface area (Å²) in [6.07, 6.45) is -4.42. The molecule has 0 aromatic heterocycles. The molecule has 0 saturated heterocycles. The second-order valence-corrected chi connectivity index (χ2v) is 3.57. The molecular formula is C12H9ClF4O2. The molecule has 0 fully saturated rings. The summed E-state index contributed by atoms with van der Waals surface area (Å²) in [5.74, 6) is 4.66. The van der Waals surface area contributed by atoms with Gasteiger partial charge in [0.15, 0.2) is 6.79 Å². The van der Waals surface area contributed by atoms with Crippen LogP contribution in [0.2, 0.25) is 0 Å². The van der Waals surface area contributed by atoms with Crippen LogP contribution in [0.5, 0.6) is 5.75 Å². The van der Waals surface area contributed by atoms with Crippen molar-refractivity contribution in [3.8, 4) is 17.6 Å². The van der Waals surface area contributed by atoms with Crippen molar-refractivity contribution in [2.24, 2.45) is 0 Å². The molecule has 0 unspecified atom stereocenters. The van der Waals surface area contributed by atoms with E-state index in [0.717, 1.165) is 12.1 Å². The first-order valence-electron chi connectivity index (χ1n) is 5.04. The molecule has 1 aromatic rings. The average Bonchev–Trinajstić information content (AvgIpc) is 2.32. The normalized spacial score (nSPS) is 10.8. The van der Waals surface area contributed by atoms with Gasteiger partial charge in [-0.15, -0.1) is 11.6 Å². The van der Waals surface area contributed by atoms with Crippen molar-refractivity contribution >= 4 is 11.6 Å². The molecule has 19 heavy (non-hydrogen) atoms. The Bertz CT molecular complexity index is 477. The van der Waals surface area contributed by atoms with Crippen molar-refractivity contribution in [1.29, 1.82) is 0 Å². The number of ether oxygens (including phenoxy) is 2. The van der Waals surface area contributed by atoms with Crippen LogP contribution in [0.4, 0.5) is 17.6 Å². The molecule has 0 amide bonds. The molecular weight excluding hydrogens is 288 g/mol. The lowest BCUT2D eigenvalue weighted by atomic mass is 10.2. The maximum atomic E-state index is 13.0. The molecule has 0 spiro atoms. The lowest BCUT2D eigenvalue weighted by Crippen LogP contribution is -2.19. The largest absolute Gasteiger partial charge is 0.466 e. The molecule has 2 nitrogen and oxygen atoms in total. The van der Waals surface area contributed by atoms with Gasteiger partial charge in [0.05, 0.1) is 11.4 Å². The minimum Gasteiger partial charge on any atom is -0.466 e. The smallest absolute Gasteiger partial charge is 0.411 e. The SMILES string of the molecule is Fc1ccc(OCOCC(F)(F)F)c(C#CCCl)c1. The second-order valence-electron chi connectivity index (χ2n) is 3.30. The first-order chi connectivity index (χ1) is 8.92. The van der Waals surface area contributed by atoms with Crippen LogP contribution >= 0.6 is 11.6 Å². The third-order valence-corrected chi connectivity index (χ3v) is 1.93. The molecule has 0 saturated carbocycles. The van der Waals surface area contributed by atoms with Gasteiger partial charge in [-0.2, -0.15) is 13.2 Å². The number of benzene rings is 1. The molecule has 104 valence electrons. The quantitative estimate of drug-likeness (QED) is 0.279. The van der Waals surface area contributed by atoms with Gasteiger partial charge in [0, 0.05) is 0 Å². The number of rotatable bonds is 4. The molecule has 0 N–H and O–H groups in total. The van der Waals surface area contributed by atoms with Crippen LogP contribution in [0.3, 0.4) is 0 Å². The van der Waals surface area contributed by atoms with E-state index in [2.05, 4.69) is 16.6 Å². The Kier molecular flexibility index (Phi) is 5.93. The summed E-state index contributed by atoms with van der Waals surface area (Å²) >= 11 is 5.36. The van der Waals surface area contributed by atoms with Crippen molar-refractivity contribution < 1.29 is 27.0 Å². The van der Waals surface area contributed by atoms with E-state index in [1.165, 1.54) is 6.07 Å². The van der Waals surface area contributed by atoms with Gasteiger partial charge in [-0.3, -0.25) is 0 Å². The summed E-state index contributed by atoms with van der Waals surface area (Å²) in [6.45, 7) is -2.03. The van der Waals surface area contributed by atoms with Gasteiger partial charge < -0.3 is 9.47 Å². The second kappa shape index (κ2) is 7.22. The van der Waals surface area contributed by atoms with Gasteiger partial charge in [0.1, 0.15) is 18.2 Å². The zero-order valence-corrected chi connectivity index (χ0v) is 10.3. The molecule has 1 rings (SSSR count). The first-order valence-corrected chi connectivity index (χ1v) is 5.57. The molecule has 1 aromatic carbocycles. The molecule has 7 heteroatoms. The van der Waals surface area contributed by atoms with Crippen LogP contribution in [-0.4, -0.2) is 25.5 Å². The molecule has 0 aliphatic carbocycles. The van der Waals surface area contributed by atoms with Gasteiger partial charge in [-0.05, 0) is 18.2 Å². The molecule has 0 aliphatic rings. The summed E-state index contributed by atoms with van der Waals surface area (Å²) in [5.41, 5.74) is 0.191. The van der Waals surface area contributed by atoms with E-state index in [1.807, 2.05) is 0 Å². The Morgan fingerprint density at radius 3 is 2.63 bits per heavy atom. The Labute approximate surface area is 112 Å². The van der Waals surface area contributed by atoms with E-state index >= 15 is 0 Å². The van der Waals surface area contributed by atoms with Crippen molar-refractivity contribution in [2.75, 3.05) is 19.3 Å². The predicted octanol–water partition coefficient (Wildman–Crippen LogP) is 3.33. The average molecular weight is 297 g/mol. The van der Waals surface area contributed by atoms with Gasteiger partial charge in [-0.25, -0.2) is 4.39 Å². The van der Waals surface area contributed by atoms with E-state index in [4.69, 9.17) is 16.3 Å². The van der Waals surface area contributed by atoms with Gasteiger partial charge in [-0.1, -0.05) is 11.8 Å². The van der Waals surface area contributed by atoms with Crippen molar-refractivity contribution in [1.82, 2.24) is 0 Å². The van der Waals surface area contributed by atoms with E-state index in [-0.39, 0.29) is 17.2 Å². The number of alkyl halides is 4. The summed E-state index contributed by atoms with van der Waals surface area (Å²) < 4.78 is 57.6. The third-order valence-electron chi connectivity index (χ3n) is 1.79. The van der Waals surface area contributed by atoms with E-state index < -0.39 is 25.4 Å². The highest BCUT2D eigenvalue weighted by molar-refractivity contribution is 6.19. The van der Waals surface area contributed by atoms with Crippen LogP contribution in [0, 0.1) is 17.7 Å². The fourth-order valence-electron chi connectivity index (χ4n) is 1.12. The van der Waals surface area contributed by atoms with E-state index in [0.29, 0.717) is 0 Å². The zero-order valence-electron chi connectivity index (χ0n) is 9.56. The summed E-state index contributed by atoms with van der Waals surface area (Å²) in [6, 6.07) is 3.45. The van der Waals surface area contributed by atoms with Crippen LogP contribution in [-0.2, 0) is 4.74 Å². The monoisotopic (exact) mass is 296 g/mol. The Balaban J connectivity index is 2.62. The maximum absolute atomic E-state index is 13.0. The standard InChI is InChI=1S/C12H9ClF4O2/c13-5-1-2-9-6-10(14)3-4-11(9)19-8-18-7-12(15,16)17/h3-4,6H,5,7-8H2. The Hall–Kier alpha value is -1.45. The fraction of sp³-hybridized carbons (Fsp3) is 0.333. The lowest BCUT2D eigenvalue weighted by molar-refractivity contribution is -0.186. The van der Waals surface area contributed by atoms with Crippen LogP contribution in [0.1, 0.15) is 5.56 Å². The molecule has 0 bridgehead atoms. The lowest BCUT2D eigenvalue weighted by Gasteiger charge is -2.10. The number of hydrogen-bond donors (Lipinski definition) is 0. The topological polar surface area (TPSA) is 18.5 Å². The van der Waals surface area contributed by atoms with Crippen LogP contribution in [0.15, 0.2) is 18.2 Å². The van der Waals surface area contributed by atoms with Crippen molar-refractivity contribution in [2.45, 2.75) is 6.18 Å². The highest BCUT2D eigenvalue weighted by Crippen LogP contribution is 2.19. The molecule has 0 aliphatic heterocycles. The number of halogens is 5. The maximum Gasteiger partial charge on any atom is 0.411 e. The molecule has 0 heterocycles. The highest BCUT2D eigenvalue weighted by Gasteiger charge is 2.27. The zero-order chi connectivity index (χ0) is 14.3. The fourth-order valence-corrected chi connectivity index (χ4v) is 1.18. The summed E-state index contributed by atoms with van der Waals surface area (Å²) in [5, 5.41) is 0. The molecule has 0 atom stereocenters. The Morgan fingerprint density at radius 2 is 2.00 bits per heavy atom. The van der Waals surface area contributed by atoms with E-state index in [9.17, 15) is 17.6 Å². The minimum atomic E-state index is -4.42. The number of hydrogen-bond acceptors (Lipinski definition) is 2. The van der Waals surface area contributed by atoms with Gasteiger partial charge in [0.2, 0.25) is 0 Å². The molecule has 0 radical (unpaired) electrons. The summed E-state index contributed by atoms with van der Waals surface area (Å²) in [4.78, 5) is 0. The first kappa shape index (κ1) is 15.6. The van der Waals surface area contributed by atoms with E-state index in [1.54, 1.807) is 0 Å². The Morgan fingerprint density at radius 1 is 1.26 bits per heavy atom. The minimum absolute atomic E-state index is 0.0422. The van der Waals surface area contributed by atoms with Crippen molar-refractivity contribution in [3.05, 3.63) is 29.6 Å². The third kappa shape index (κ3) is 6.32. The van der Waals surface area contributed by atoms with Crippen LogP contribution < -0.4 is 4.74 Å². The summed E-state index contributed by atoms with van der Waals surface area (Å²) in [7, 11) is 0. The van der Waals surface area contributed by atoms with Crippen molar-refractivity contribution in [3.63, 3.8) is 0 Å². The predicted molar refractivity (Wildman–Crippen MR) is 61.5 cm³/mol. The van der Waals surface area contributed by atoms with Crippen LogP contribution in [0.25, 0.3) is 0 Å².